The first kappa shape index (κ1) is 14.4. The lowest BCUT2D eigenvalue weighted by Gasteiger charge is -2.16. The van der Waals surface area contributed by atoms with Gasteiger partial charge in [0.1, 0.15) is 0 Å². The van der Waals surface area contributed by atoms with E-state index in [1.165, 1.54) is 0 Å². The van der Waals surface area contributed by atoms with Crippen molar-refractivity contribution < 1.29 is 0 Å². The molecule has 5 heteroatoms. The average molecular weight is 298 g/mol. The summed E-state index contributed by atoms with van der Waals surface area (Å²) in [5.41, 5.74) is 8.07. The molecule has 0 saturated heterocycles. The third kappa shape index (κ3) is 3.50. The Hall–Kier alpha value is -1.03. The third-order valence-electron chi connectivity index (χ3n) is 2.90. The van der Waals surface area contributed by atoms with Crippen LogP contribution in [0.15, 0.2) is 30.7 Å². The Balaban J connectivity index is 2.38. The number of halogens is 2. The van der Waals surface area contributed by atoms with Crippen molar-refractivity contribution in [2.45, 2.75) is 26.3 Å². The topological polar surface area (TPSA) is 43.8 Å². The molecule has 0 fully saturated rings. The Labute approximate surface area is 123 Å². The monoisotopic (exact) mass is 297 g/mol. The van der Waals surface area contributed by atoms with E-state index in [-0.39, 0.29) is 6.04 Å². The molecule has 0 saturated carbocycles. The smallest absolute Gasteiger partial charge is 0.0994 e. The highest BCUT2D eigenvalue weighted by atomic mass is 35.5. The van der Waals surface area contributed by atoms with Crippen molar-refractivity contribution in [1.29, 1.82) is 0 Å². The van der Waals surface area contributed by atoms with E-state index >= 15 is 0 Å². The molecule has 1 aromatic heterocycles. The number of hydrogen-bond donors (Lipinski definition) is 1. The van der Waals surface area contributed by atoms with Gasteiger partial charge in [0.2, 0.25) is 0 Å². The standard InChI is InChI=1S/C14H17Cl2N3/c1-9(2)3-13(17)14-7-18-8-19(14)12-5-10(15)4-11(16)6-12/h4-9,13H,3,17H2,1-2H3. The van der Waals surface area contributed by atoms with Crippen LogP contribution >= 0.6 is 23.2 Å². The maximum absolute atomic E-state index is 6.23. The molecule has 3 nitrogen and oxygen atoms in total. The first-order valence-electron chi connectivity index (χ1n) is 6.21. The summed E-state index contributed by atoms with van der Waals surface area (Å²) in [6.45, 7) is 4.30. The molecular formula is C14H17Cl2N3. The molecule has 0 bridgehead atoms. The molecule has 0 aliphatic heterocycles. The molecule has 2 rings (SSSR count). The molecule has 1 aromatic carbocycles. The molecule has 1 unspecified atom stereocenters. The zero-order chi connectivity index (χ0) is 14.0. The van der Waals surface area contributed by atoms with Crippen LogP contribution in [-0.4, -0.2) is 9.55 Å². The highest BCUT2D eigenvalue weighted by molar-refractivity contribution is 6.34. The number of hydrogen-bond acceptors (Lipinski definition) is 2. The Bertz CT molecular complexity index is 543. The van der Waals surface area contributed by atoms with Gasteiger partial charge in [0.25, 0.3) is 0 Å². The van der Waals surface area contributed by atoms with Gasteiger partial charge in [-0.3, -0.25) is 0 Å². The van der Waals surface area contributed by atoms with E-state index < -0.39 is 0 Å². The lowest BCUT2D eigenvalue weighted by atomic mass is 10.0. The maximum atomic E-state index is 6.23. The van der Waals surface area contributed by atoms with Crippen molar-refractivity contribution in [3.63, 3.8) is 0 Å². The molecule has 102 valence electrons. The van der Waals surface area contributed by atoms with Crippen LogP contribution in [0.3, 0.4) is 0 Å². The summed E-state index contributed by atoms with van der Waals surface area (Å²) in [6, 6.07) is 5.35. The minimum atomic E-state index is -0.0553. The van der Waals surface area contributed by atoms with Gasteiger partial charge in [-0.2, -0.15) is 0 Å². The zero-order valence-corrected chi connectivity index (χ0v) is 12.5. The average Bonchev–Trinajstić information content (AvgIpc) is 2.75. The van der Waals surface area contributed by atoms with Crippen LogP contribution < -0.4 is 5.73 Å². The molecule has 0 aliphatic rings. The van der Waals surface area contributed by atoms with Gasteiger partial charge in [0.15, 0.2) is 0 Å². The summed E-state index contributed by atoms with van der Waals surface area (Å²) in [4.78, 5) is 4.18. The predicted octanol–water partition coefficient (Wildman–Crippen LogP) is 4.23. The molecule has 2 aromatic rings. The fraction of sp³-hybridized carbons (Fsp3) is 0.357. The lowest BCUT2D eigenvalue weighted by Crippen LogP contribution is -2.16. The molecule has 1 atom stereocenters. The predicted molar refractivity (Wildman–Crippen MR) is 80.0 cm³/mol. The molecule has 0 radical (unpaired) electrons. The van der Waals surface area contributed by atoms with Crippen LogP contribution in [0.25, 0.3) is 5.69 Å². The van der Waals surface area contributed by atoms with E-state index in [1.54, 1.807) is 18.6 Å². The van der Waals surface area contributed by atoms with Gasteiger partial charge in [-0.1, -0.05) is 37.0 Å². The summed E-state index contributed by atoms with van der Waals surface area (Å²) in [7, 11) is 0. The molecule has 1 heterocycles. The number of nitrogens with two attached hydrogens (primary N) is 1. The largest absolute Gasteiger partial charge is 0.323 e. The number of aromatic nitrogens is 2. The van der Waals surface area contributed by atoms with Gasteiger partial charge in [0, 0.05) is 21.8 Å². The van der Waals surface area contributed by atoms with E-state index in [9.17, 15) is 0 Å². The number of benzene rings is 1. The Morgan fingerprint density at radius 2 is 1.84 bits per heavy atom. The summed E-state index contributed by atoms with van der Waals surface area (Å²) >= 11 is 12.1. The molecule has 19 heavy (non-hydrogen) atoms. The SMILES string of the molecule is CC(C)CC(N)c1cncn1-c1cc(Cl)cc(Cl)c1. The first-order valence-corrected chi connectivity index (χ1v) is 6.97. The second-order valence-electron chi connectivity index (χ2n) is 5.05. The van der Waals surface area contributed by atoms with E-state index in [1.807, 2.05) is 16.7 Å². The first-order chi connectivity index (χ1) is 8.97. The molecule has 2 N–H and O–H groups in total. The van der Waals surface area contributed by atoms with E-state index in [2.05, 4.69) is 18.8 Å². The van der Waals surface area contributed by atoms with Crippen molar-refractivity contribution in [2.75, 3.05) is 0 Å². The normalized spacial score (nSPS) is 12.9. The van der Waals surface area contributed by atoms with Gasteiger partial charge in [-0.05, 0) is 30.5 Å². The summed E-state index contributed by atoms with van der Waals surface area (Å²) in [5.74, 6) is 0.529. The van der Waals surface area contributed by atoms with Crippen LogP contribution in [-0.2, 0) is 0 Å². The molecule has 0 spiro atoms. The molecule has 0 amide bonds. The fourth-order valence-corrected chi connectivity index (χ4v) is 2.62. The third-order valence-corrected chi connectivity index (χ3v) is 3.33. The molecular weight excluding hydrogens is 281 g/mol. The summed E-state index contributed by atoms with van der Waals surface area (Å²) in [6.07, 6.45) is 4.43. The highest BCUT2D eigenvalue weighted by Gasteiger charge is 2.14. The van der Waals surface area contributed by atoms with E-state index in [0.717, 1.165) is 17.8 Å². The van der Waals surface area contributed by atoms with Crippen LogP contribution in [0.4, 0.5) is 0 Å². The second-order valence-corrected chi connectivity index (χ2v) is 5.93. The maximum Gasteiger partial charge on any atom is 0.0994 e. The van der Waals surface area contributed by atoms with Gasteiger partial charge >= 0.3 is 0 Å². The summed E-state index contributed by atoms with van der Waals surface area (Å²) < 4.78 is 1.94. The minimum absolute atomic E-state index is 0.0553. The van der Waals surface area contributed by atoms with Gasteiger partial charge < -0.3 is 10.3 Å². The lowest BCUT2D eigenvalue weighted by molar-refractivity contribution is 0.498. The Kier molecular flexibility index (Phi) is 4.50. The highest BCUT2D eigenvalue weighted by Crippen LogP contribution is 2.26. The zero-order valence-electron chi connectivity index (χ0n) is 11.0. The minimum Gasteiger partial charge on any atom is -0.323 e. The van der Waals surface area contributed by atoms with Crippen LogP contribution in [0.1, 0.15) is 32.0 Å². The van der Waals surface area contributed by atoms with Crippen LogP contribution in [0.5, 0.6) is 0 Å². The number of nitrogens with zero attached hydrogens (tertiary/aromatic N) is 2. The van der Waals surface area contributed by atoms with E-state index in [4.69, 9.17) is 28.9 Å². The van der Waals surface area contributed by atoms with Crippen molar-refractivity contribution in [3.05, 3.63) is 46.5 Å². The second kappa shape index (κ2) is 5.95. The van der Waals surface area contributed by atoms with Crippen LogP contribution in [0, 0.1) is 5.92 Å². The van der Waals surface area contributed by atoms with Gasteiger partial charge in [-0.25, -0.2) is 4.98 Å². The van der Waals surface area contributed by atoms with Gasteiger partial charge in [-0.15, -0.1) is 0 Å². The number of rotatable bonds is 4. The number of imidazole rings is 1. The molecule has 0 aliphatic carbocycles. The van der Waals surface area contributed by atoms with E-state index in [0.29, 0.717) is 16.0 Å². The van der Waals surface area contributed by atoms with Crippen molar-refractivity contribution in [3.8, 4) is 5.69 Å². The quantitative estimate of drug-likeness (QED) is 0.918. The van der Waals surface area contributed by atoms with Crippen molar-refractivity contribution in [1.82, 2.24) is 9.55 Å². The van der Waals surface area contributed by atoms with Crippen molar-refractivity contribution in [2.24, 2.45) is 11.7 Å². The van der Waals surface area contributed by atoms with Crippen LogP contribution in [0.2, 0.25) is 10.0 Å². The Morgan fingerprint density at radius 1 is 1.21 bits per heavy atom. The fourth-order valence-electron chi connectivity index (χ4n) is 2.10. The Morgan fingerprint density at radius 3 is 2.42 bits per heavy atom. The van der Waals surface area contributed by atoms with Gasteiger partial charge in [0.05, 0.1) is 18.2 Å². The van der Waals surface area contributed by atoms with Crippen molar-refractivity contribution >= 4 is 23.2 Å². The summed E-state index contributed by atoms with van der Waals surface area (Å²) in [5, 5.41) is 1.19.